The third-order valence-electron chi connectivity index (χ3n) is 6.16. The van der Waals surface area contributed by atoms with Crippen molar-refractivity contribution in [2.24, 2.45) is 5.92 Å². The van der Waals surface area contributed by atoms with E-state index < -0.39 is 0 Å². The van der Waals surface area contributed by atoms with E-state index in [1.807, 2.05) is 12.1 Å². The highest BCUT2D eigenvalue weighted by molar-refractivity contribution is 5.96. The molecule has 1 saturated carbocycles. The van der Waals surface area contributed by atoms with E-state index in [0.29, 0.717) is 11.8 Å². The van der Waals surface area contributed by atoms with Crippen LogP contribution in [0, 0.1) is 12.8 Å². The second-order valence-corrected chi connectivity index (χ2v) is 8.40. The maximum atomic E-state index is 13.0. The van der Waals surface area contributed by atoms with Crippen LogP contribution in [0.3, 0.4) is 0 Å². The maximum Gasteiger partial charge on any atom is 0.253 e. The van der Waals surface area contributed by atoms with Gasteiger partial charge in [-0.2, -0.15) is 0 Å². The van der Waals surface area contributed by atoms with Gasteiger partial charge in [-0.25, -0.2) is 4.98 Å². The fourth-order valence-electron chi connectivity index (χ4n) is 4.46. The topological polar surface area (TPSA) is 63.2 Å². The number of aryl methyl sites for hydroxylation is 1. The zero-order valence-electron chi connectivity index (χ0n) is 17.2. The standard InChI is InChI=1S/C24H31N3O2/c1-17-5-4-8-20(13-17)27-23-14-21(19-6-2-3-7-19)22(16-25-23)24(28)26-15-18-9-11-29-12-10-18/h4-5,8,13-14,16,18-19H,2-3,6-7,9-12,15H2,1H3,(H,25,27)(H,26,28). The first-order valence-electron chi connectivity index (χ1n) is 10.9. The fraction of sp³-hybridized carbons (Fsp3) is 0.500. The van der Waals surface area contributed by atoms with Gasteiger partial charge in [-0.15, -0.1) is 0 Å². The monoisotopic (exact) mass is 393 g/mol. The summed E-state index contributed by atoms with van der Waals surface area (Å²) in [6, 6.07) is 10.3. The van der Waals surface area contributed by atoms with Gasteiger partial charge in [-0.1, -0.05) is 25.0 Å². The zero-order chi connectivity index (χ0) is 20.1. The SMILES string of the molecule is Cc1cccc(Nc2cc(C3CCCC3)c(C(=O)NCC3CCOCC3)cn2)c1. The van der Waals surface area contributed by atoms with E-state index in [9.17, 15) is 4.79 Å². The van der Waals surface area contributed by atoms with Crippen molar-refractivity contribution in [2.45, 2.75) is 51.4 Å². The molecule has 0 spiro atoms. The molecule has 0 bridgehead atoms. The van der Waals surface area contributed by atoms with E-state index in [1.54, 1.807) is 6.20 Å². The van der Waals surface area contributed by atoms with Crippen LogP contribution in [-0.2, 0) is 4.74 Å². The third kappa shape index (κ3) is 5.15. The molecule has 1 aromatic heterocycles. The molecule has 5 nitrogen and oxygen atoms in total. The first kappa shape index (κ1) is 19.9. The highest BCUT2D eigenvalue weighted by Gasteiger charge is 2.24. The molecule has 0 unspecified atom stereocenters. The average Bonchev–Trinajstić information content (AvgIpc) is 3.28. The predicted molar refractivity (Wildman–Crippen MR) is 116 cm³/mol. The molecule has 29 heavy (non-hydrogen) atoms. The Morgan fingerprint density at radius 1 is 1.14 bits per heavy atom. The Hall–Kier alpha value is -2.40. The molecule has 2 aromatic rings. The lowest BCUT2D eigenvalue weighted by Gasteiger charge is -2.23. The predicted octanol–water partition coefficient (Wildman–Crippen LogP) is 4.95. The summed E-state index contributed by atoms with van der Waals surface area (Å²) in [5.41, 5.74) is 4.10. The summed E-state index contributed by atoms with van der Waals surface area (Å²) in [7, 11) is 0. The second kappa shape index (κ2) is 9.40. The molecule has 0 atom stereocenters. The normalized spacial score (nSPS) is 18.0. The Labute approximate surface area is 173 Å². The maximum absolute atomic E-state index is 13.0. The summed E-state index contributed by atoms with van der Waals surface area (Å²) in [4.78, 5) is 17.5. The number of carbonyl (C=O) groups excluding carboxylic acids is 1. The van der Waals surface area contributed by atoms with Crippen molar-refractivity contribution in [3.8, 4) is 0 Å². The molecular weight excluding hydrogens is 362 g/mol. The molecular formula is C24H31N3O2. The van der Waals surface area contributed by atoms with Crippen molar-refractivity contribution in [3.05, 3.63) is 53.2 Å². The Morgan fingerprint density at radius 3 is 2.69 bits per heavy atom. The molecule has 1 saturated heterocycles. The van der Waals surface area contributed by atoms with Crippen LogP contribution in [0.2, 0.25) is 0 Å². The van der Waals surface area contributed by atoms with Gasteiger partial charge in [-0.3, -0.25) is 4.79 Å². The second-order valence-electron chi connectivity index (χ2n) is 8.40. The molecule has 4 rings (SSSR count). The van der Waals surface area contributed by atoms with Crippen LogP contribution in [0.1, 0.15) is 65.9 Å². The third-order valence-corrected chi connectivity index (χ3v) is 6.16. The van der Waals surface area contributed by atoms with Crippen LogP contribution in [0.5, 0.6) is 0 Å². The molecule has 1 aliphatic heterocycles. The van der Waals surface area contributed by atoms with Crippen molar-refractivity contribution in [2.75, 3.05) is 25.1 Å². The van der Waals surface area contributed by atoms with E-state index in [2.05, 4.69) is 40.7 Å². The van der Waals surface area contributed by atoms with Crippen LogP contribution < -0.4 is 10.6 Å². The minimum Gasteiger partial charge on any atom is -0.381 e. The number of nitrogens with zero attached hydrogens (tertiary/aromatic N) is 1. The number of benzene rings is 1. The van der Waals surface area contributed by atoms with Crippen molar-refractivity contribution in [3.63, 3.8) is 0 Å². The number of nitrogens with one attached hydrogen (secondary N) is 2. The van der Waals surface area contributed by atoms with Crippen molar-refractivity contribution in [1.82, 2.24) is 10.3 Å². The van der Waals surface area contributed by atoms with E-state index in [0.717, 1.165) is 68.1 Å². The minimum atomic E-state index is 0.00740. The molecule has 2 N–H and O–H groups in total. The number of amides is 1. The van der Waals surface area contributed by atoms with Crippen molar-refractivity contribution < 1.29 is 9.53 Å². The molecule has 1 aliphatic carbocycles. The summed E-state index contributed by atoms with van der Waals surface area (Å²) in [6.45, 7) is 4.40. The van der Waals surface area contributed by atoms with Gasteiger partial charge in [0.2, 0.25) is 0 Å². The van der Waals surface area contributed by atoms with Crippen LogP contribution in [-0.4, -0.2) is 30.6 Å². The summed E-state index contributed by atoms with van der Waals surface area (Å²) in [5.74, 6) is 1.77. The number of hydrogen-bond acceptors (Lipinski definition) is 4. The van der Waals surface area contributed by atoms with E-state index >= 15 is 0 Å². The molecule has 1 aromatic carbocycles. The van der Waals surface area contributed by atoms with E-state index in [1.165, 1.54) is 18.4 Å². The first-order chi connectivity index (χ1) is 14.2. The molecule has 5 heteroatoms. The summed E-state index contributed by atoms with van der Waals surface area (Å²) >= 11 is 0. The molecule has 2 fully saturated rings. The number of rotatable bonds is 6. The Balaban J connectivity index is 1.51. The lowest BCUT2D eigenvalue weighted by atomic mass is 9.93. The van der Waals surface area contributed by atoms with Gasteiger partial charge in [0.1, 0.15) is 5.82 Å². The molecule has 2 aliphatic rings. The number of aromatic nitrogens is 1. The molecule has 2 heterocycles. The van der Waals surface area contributed by atoms with Crippen molar-refractivity contribution >= 4 is 17.4 Å². The lowest BCUT2D eigenvalue weighted by Crippen LogP contribution is -2.33. The van der Waals surface area contributed by atoms with Gasteiger partial charge in [0.15, 0.2) is 0 Å². The van der Waals surface area contributed by atoms with E-state index in [4.69, 9.17) is 4.74 Å². The van der Waals surface area contributed by atoms with Crippen LogP contribution >= 0.6 is 0 Å². The summed E-state index contributed by atoms with van der Waals surface area (Å²) in [6.07, 6.45) is 8.56. The number of carbonyl (C=O) groups is 1. The van der Waals surface area contributed by atoms with Gasteiger partial charge in [0.25, 0.3) is 5.91 Å². The van der Waals surface area contributed by atoms with Crippen LogP contribution in [0.25, 0.3) is 0 Å². The first-order valence-corrected chi connectivity index (χ1v) is 10.9. The molecule has 0 radical (unpaired) electrons. The number of ether oxygens (including phenoxy) is 1. The van der Waals surface area contributed by atoms with E-state index in [-0.39, 0.29) is 5.91 Å². The number of anilines is 2. The number of pyridine rings is 1. The Bertz CT molecular complexity index is 840. The van der Waals surface area contributed by atoms with Gasteiger partial charge in [-0.05, 0) is 73.8 Å². The zero-order valence-corrected chi connectivity index (χ0v) is 17.2. The Kier molecular flexibility index (Phi) is 6.45. The quantitative estimate of drug-likeness (QED) is 0.729. The van der Waals surface area contributed by atoms with Crippen LogP contribution in [0.4, 0.5) is 11.5 Å². The average molecular weight is 394 g/mol. The van der Waals surface area contributed by atoms with Crippen LogP contribution in [0.15, 0.2) is 36.5 Å². The van der Waals surface area contributed by atoms with Gasteiger partial charge in [0, 0.05) is 31.6 Å². The summed E-state index contributed by atoms with van der Waals surface area (Å²) in [5, 5.41) is 6.56. The highest BCUT2D eigenvalue weighted by Crippen LogP contribution is 2.37. The summed E-state index contributed by atoms with van der Waals surface area (Å²) < 4.78 is 5.42. The van der Waals surface area contributed by atoms with Gasteiger partial charge in [0.05, 0.1) is 5.56 Å². The fourth-order valence-corrected chi connectivity index (χ4v) is 4.46. The van der Waals surface area contributed by atoms with Crippen molar-refractivity contribution in [1.29, 1.82) is 0 Å². The molecule has 1 amide bonds. The van der Waals surface area contributed by atoms with Gasteiger partial charge >= 0.3 is 0 Å². The minimum absolute atomic E-state index is 0.00740. The highest BCUT2D eigenvalue weighted by atomic mass is 16.5. The molecule has 154 valence electrons. The lowest BCUT2D eigenvalue weighted by molar-refractivity contribution is 0.0642. The smallest absolute Gasteiger partial charge is 0.253 e. The number of hydrogen-bond donors (Lipinski definition) is 2. The van der Waals surface area contributed by atoms with Gasteiger partial charge < -0.3 is 15.4 Å². The Morgan fingerprint density at radius 2 is 1.93 bits per heavy atom. The largest absolute Gasteiger partial charge is 0.381 e.